The highest BCUT2D eigenvalue weighted by Crippen LogP contribution is 2.35. The summed E-state index contributed by atoms with van der Waals surface area (Å²) >= 11 is 5.89. The SMILES string of the molecule is Cc1cc(NC[C@@H](C)O)nnc1-c1cccc(Cl)c1O. The van der Waals surface area contributed by atoms with E-state index in [1.165, 1.54) is 0 Å². The monoisotopic (exact) mass is 293 g/mol. The third-order valence-electron chi connectivity index (χ3n) is 2.80. The van der Waals surface area contributed by atoms with Gasteiger partial charge in [-0.25, -0.2) is 0 Å². The number of para-hydroxylation sites is 1. The molecule has 0 aliphatic heterocycles. The van der Waals surface area contributed by atoms with Gasteiger partial charge in [-0.1, -0.05) is 17.7 Å². The number of phenols is 1. The number of aryl methyl sites for hydroxylation is 1. The number of benzene rings is 1. The molecule has 5 nitrogen and oxygen atoms in total. The van der Waals surface area contributed by atoms with Crippen molar-refractivity contribution in [2.75, 3.05) is 11.9 Å². The predicted octanol–water partition coefficient (Wildman–Crippen LogP) is 2.60. The Bertz CT molecular complexity index is 617. The van der Waals surface area contributed by atoms with Gasteiger partial charge in [0.2, 0.25) is 0 Å². The van der Waals surface area contributed by atoms with E-state index >= 15 is 0 Å². The molecule has 0 amide bonds. The first-order valence-corrected chi connectivity index (χ1v) is 6.61. The van der Waals surface area contributed by atoms with Gasteiger partial charge in [0, 0.05) is 12.1 Å². The zero-order valence-electron chi connectivity index (χ0n) is 11.3. The first kappa shape index (κ1) is 14.6. The van der Waals surface area contributed by atoms with Crippen molar-refractivity contribution in [1.29, 1.82) is 0 Å². The van der Waals surface area contributed by atoms with Gasteiger partial charge in [0.05, 0.1) is 16.8 Å². The Kier molecular flexibility index (Phi) is 4.42. The van der Waals surface area contributed by atoms with Crippen molar-refractivity contribution in [3.05, 3.63) is 34.9 Å². The average Bonchev–Trinajstić information content (AvgIpc) is 2.40. The van der Waals surface area contributed by atoms with Crippen molar-refractivity contribution >= 4 is 17.4 Å². The summed E-state index contributed by atoms with van der Waals surface area (Å²) in [5, 5.41) is 30.6. The number of rotatable bonds is 4. The van der Waals surface area contributed by atoms with Crippen LogP contribution in [0.3, 0.4) is 0 Å². The Hall–Kier alpha value is -1.85. The largest absolute Gasteiger partial charge is 0.506 e. The topological polar surface area (TPSA) is 78.3 Å². The van der Waals surface area contributed by atoms with Crippen molar-refractivity contribution in [2.24, 2.45) is 0 Å². The van der Waals surface area contributed by atoms with Crippen LogP contribution in [-0.4, -0.2) is 33.1 Å². The van der Waals surface area contributed by atoms with Crippen LogP contribution in [-0.2, 0) is 0 Å². The molecule has 0 saturated heterocycles. The summed E-state index contributed by atoms with van der Waals surface area (Å²) in [5.74, 6) is 0.574. The molecule has 1 aromatic carbocycles. The zero-order chi connectivity index (χ0) is 14.7. The van der Waals surface area contributed by atoms with E-state index in [9.17, 15) is 10.2 Å². The number of anilines is 1. The molecule has 0 aliphatic carbocycles. The lowest BCUT2D eigenvalue weighted by Gasteiger charge is -2.11. The summed E-state index contributed by atoms with van der Waals surface area (Å²) in [7, 11) is 0. The number of phenolic OH excluding ortho intramolecular Hbond substituents is 1. The molecule has 1 heterocycles. The molecule has 0 fully saturated rings. The molecule has 0 unspecified atom stereocenters. The molecule has 0 spiro atoms. The number of hydrogen-bond acceptors (Lipinski definition) is 5. The van der Waals surface area contributed by atoms with Crippen LogP contribution >= 0.6 is 11.6 Å². The number of aromatic hydroxyl groups is 1. The average molecular weight is 294 g/mol. The number of nitrogens with one attached hydrogen (secondary N) is 1. The molecule has 3 N–H and O–H groups in total. The van der Waals surface area contributed by atoms with Crippen molar-refractivity contribution in [1.82, 2.24) is 10.2 Å². The molecule has 6 heteroatoms. The molecule has 2 rings (SSSR count). The van der Waals surface area contributed by atoms with E-state index in [0.29, 0.717) is 23.6 Å². The molecule has 106 valence electrons. The van der Waals surface area contributed by atoms with Crippen LogP contribution < -0.4 is 5.32 Å². The van der Waals surface area contributed by atoms with E-state index in [1.807, 2.05) is 13.0 Å². The number of nitrogens with zero attached hydrogens (tertiary/aromatic N) is 2. The van der Waals surface area contributed by atoms with Gasteiger partial charge in [0.1, 0.15) is 11.6 Å². The minimum absolute atomic E-state index is 0.00347. The maximum atomic E-state index is 9.97. The lowest BCUT2D eigenvalue weighted by molar-refractivity contribution is 0.208. The zero-order valence-corrected chi connectivity index (χ0v) is 12.0. The molecule has 20 heavy (non-hydrogen) atoms. The van der Waals surface area contributed by atoms with Crippen LogP contribution in [0.25, 0.3) is 11.3 Å². The third kappa shape index (κ3) is 3.18. The van der Waals surface area contributed by atoms with Crippen LogP contribution in [0.4, 0.5) is 5.82 Å². The summed E-state index contributed by atoms with van der Waals surface area (Å²) in [6.45, 7) is 3.96. The molecule has 0 saturated carbocycles. The lowest BCUT2D eigenvalue weighted by Crippen LogP contribution is -2.16. The first-order valence-electron chi connectivity index (χ1n) is 6.23. The van der Waals surface area contributed by atoms with E-state index < -0.39 is 6.10 Å². The van der Waals surface area contributed by atoms with Gasteiger partial charge in [0.15, 0.2) is 0 Å². The molecule has 0 bridgehead atoms. The normalized spacial score (nSPS) is 12.2. The Morgan fingerprint density at radius 2 is 2.10 bits per heavy atom. The second-order valence-electron chi connectivity index (χ2n) is 4.63. The summed E-state index contributed by atoms with van der Waals surface area (Å²) in [5.41, 5.74) is 1.97. The third-order valence-corrected chi connectivity index (χ3v) is 3.11. The van der Waals surface area contributed by atoms with E-state index in [0.717, 1.165) is 5.56 Å². The van der Waals surface area contributed by atoms with Crippen LogP contribution in [0.1, 0.15) is 12.5 Å². The fourth-order valence-electron chi connectivity index (χ4n) is 1.80. The second kappa shape index (κ2) is 6.07. The van der Waals surface area contributed by atoms with Crippen molar-refractivity contribution < 1.29 is 10.2 Å². The van der Waals surface area contributed by atoms with E-state index in [-0.39, 0.29) is 10.8 Å². The minimum Gasteiger partial charge on any atom is -0.506 e. The maximum absolute atomic E-state index is 9.97. The smallest absolute Gasteiger partial charge is 0.149 e. The Morgan fingerprint density at radius 1 is 1.35 bits per heavy atom. The number of hydrogen-bond donors (Lipinski definition) is 3. The van der Waals surface area contributed by atoms with Gasteiger partial charge in [-0.2, -0.15) is 0 Å². The molecule has 0 aliphatic rings. The molecular weight excluding hydrogens is 278 g/mol. The minimum atomic E-state index is -0.464. The number of halogens is 1. The van der Waals surface area contributed by atoms with Gasteiger partial charge >= 0.3 is 0 Å². The van der Waals surface area contributed by atoms with Crippen molar-refractivity contribution in [3.63, 3.8) is 0 Å². The number of aliphatic hydroxyl groups is 1. The molecule has 2 aromatic rings. The van der Waals surface area contributed by atoms with Crippen LogP contribution in [0.2, 0.25) is 5.02 Å². The van der Waals surface area contributed by atoms with Gasteiger partial charge in [-0.3, -0.25) is 0 Å². The van der Waals surface area contributed by atoms with Gasteiger partial charge in [-0.05, 0) is 37.6 Å². The number of aliphatic hydroxyl groups excluding tert-OH is 1. The molecular formula is C14H16ClN3O2. The van der Waals surface area contributed by atoms with Crippen LogP contribution in [0.5, 0.6) is 5.75 Å². The second-order valence-corrected chi connectivity index (χ2v) is 5.03. The van der Waals surface area contributed by atoms with Crippen LogP contribution in [0.15, 0.2) is 24.3 Å². The maximum Gasteiger partial charge on any atom is 0.149 e. The molecule has 1 aromatic heterocycles. The Morgan fingerprint density at radius 3 is 2.75 bits per heavy atom. The summed E-state index contributed by atoms with van der Waals surface area (Å²) in [6, 6.07) is 6.91. The fourth-order valence-corrected chi connectivity index (χ4v) is 1.97. The highest BCUT2D eigenvalue weighted by atomic mass is 35.5. The summed E-state index contributed by atoms with van der Waals surface area (Å²) in [6.07, 6.45) is -0.464. The molecule has 0 radical (unpaired) electrons. The highest BCUT2D eigenvalue weighted by Gasteiger charge is 2.12. The van der Waals surface area contributed by atoms with Crippen LogP contribution in [0, 0.1) is 6.92 Å². The van der Waals surface area contributed by atoms with Gasteiger partial charge in [0.25, 0.3) is 0 Å². The van der Waals surface area contributed by atoms with Gasteiger partial charge in [-0.15, -0.1) is 10.2 Å². The van der Waals surface area contributed by atoms with E-state index in [2.05, 4.69) is 15.5 Å². The quantitative estimate of drug-likeness (QED) is 0.807. The fraction of sp³-hybridized carbons (Fsp3) is 0.286. The van der Waals surface area contributed by atoms with Crippen molar-refractivity contribution in [3.8, 4) is 17.0 Å². The predicted molar refractivity (Wildman–Crippen MR) is 79.1 cm³/mol. The lowest BCUT2D eigenvalue weighted by atomic mass is 10.1. The summed E-state index contributed by atoms with van der Waals surface area (Å²) < 4.78 is 0. The number of aromatic nitrogens is 2. The molecule has 1 atom stereocenters. The van der Waals surface area contributed by atoms with Crippen molar-refractivity contribution in [2.45, 2.75) is 20.0 Å². The van der Waals surface area contributed by atoms with E-state index in [4.69, 9.17) is 11.6 Å². The Labute approximate surface area is 122 Å². The van der Waals surface area contributed by atoms with E-state index in [1.54, 1.807) is 25.1 Å². The highest BCUT2D eigenvalue weighted by molar-refractivity contribution is 6.32. The van der Waals surface area contributed by atoms with Gasteiger partial charge < -0.3 is 15.5 Å². The Balaban J connectivity index is 2.32. The summed E-state index contributed by atoms with van der Waals surface area (Å²) in [4.78, 5) is 0. The standard InChI is InChI=1S/C14H16ClN3O2/c1-8-6-12(16-7-9(2)19)17-18-13(8)10-4-3-5-11(15)14(10)20/h3-6,9,19-20H,7H2,1-2H3,(H,16,17)/t9-/m1/s1. The first-order chi connectivity index (χ1) is 9.49.